The van der Waals surface area contributed by atoms with Gasteiger partial charge in [0.25, 0.3) is 5.91 Å². The number of aromatic nitrogens is 4. The number of imide groups is 1. The van der Waals surface area contributed by atoms with Gasteiger partial charge in [0.2, 0.25) is 5.82 Å². The molecule has 8 nitrogen and oxygen atoms in total. The standard InChI is InChI=1S/C12H14N6O2S/c1-3-18-9(4-7-11(19)16-12(20)14-7)15-10(17-18)8-5-21-6(2)13-8/h5,7H,3-4H2,1-2H3,(H2,14,16,19,20). The molecular weight excluding hydrogens is 292 g/mol. The highest BCUT2D eigenvalue weighted by Gasteiger charge is 2.31. The number of thiazole rings is 1. The number of nitrogens with one attached hydrogen (secondary N) is 2. The lowest BCUT2D eigenvalue weighted by Gasteiger charge is -2.06. The molecule has 2 aromatic rings. The smallest absolute Gasteiger partial charge is 0.322 e. The first kappa shape index (κ1) is 13.7. The SMILES string of the molecule is CCn1nc(-c2csc(C)n2)nc1CC1NC(=O)NC1=O. The molecule has 1 atom stereocenters. The average molecular weight is 306 g/mol. The second kappa shape index (κ2) is 5.24. The third-order valence-electron chi connectivity index (χ3n) is 3.14. The number of amides is 3. The van der Waals surface area contributed by atoms with Crippen LogP contribution in [0.3, 0.4) is 0 Å². The van der Waals surface area contributed by atoms with Gasteiger partial charge in [-0.25, -0.2) is 19.4 Å². The van der Waals surface area contributed by atoms with Gasteiger partial charge in [0.15, 0.2) is 0 Å². The van der Waals surface area contributed by atoms with Gasteiger partial charge in [-0.05, 0) is 13.8 Å². The van der Waals surface area contributed by atoms with Crippen LogP contribution in [-0.4, -0.2) is 37.7 Å². The minimum absolute atomic E-state index is 0.307. The van der Waals surface area contributed by atoms with Crippen LogP contribution in [0, 0.1) is 6.92 Å². The Balaban J connectivity index is 1.86. The van der Waals surface area contributed by atoms with E-state index in [0.717, 1.165) is 10.7 Å². The molecule has 110 valence electrons. The lowest BCUT2D eigenvalue weighted by Crippen LogP contribution is -2.32. The number of hydrogen-bond donors (Lipinski definition) is 2. The van der Waals surface area contributed by atoms with Gasteiger partial charge in [-0.3, -0.25) is 10.1 Å². The molecule has 21 heavy (non-hydrogen) atoms. The third-order valence-corrected chi connectivity index (χ3v) is 3.91. The Labute approximate surface area is 124 Å². The van der Waals surface area contributed by atoms with E-state index in [9.17, 15) is 9.59 Å². The maximum atomic E-state index is 11.6. The molecule has 3 rings (SSSR count). The Morgan fingerprint density at radius 3 is 2.76 bits per heavy atom. The van der Waals surface area contributed by atoms with Gasteiger partial charge in [0.05, 0.1) is 5.01 Å². The summed E-state index contributed by atoms with van der Waals surface area (Å²) in [5.41, 5.74) is 0.728. The van der Waals surface area contributed by atoms with Gasteiger partial charge >= 0.3 is 6.03 Å². The van der Waals surface area contributed by atoms with Crippen LogP contribution in [0.25, 0.3) is 11.5 Å². The molecule has 3 heterocycles. The number of rotatable bonds is 4. The fourth-order valence-corrected chi connectivity index (χ4v) is 2.73. The predicted molar refractivity (Wildman–Crippen MR) is 75.7 cm³/mol. The van der Waals surface area contributed by atoms with Gasteiger partial charge in [-0.1, -0.05) is 0 Å². The molecule has 1 aliphatic heterocycles. The summed E-state index contributed by atoms with van der Waals surface area (Å²) in [5.74, 6) is 0.859. The Morgan fingerprint density at radius 1 is 1.38 bits per heavy atom. The van der Waals surface area contributed by atoms with Crippen LogP contribution in [0.2, 0.25) is 0 Å². The molecule has 2 aromatic heterocycles. The topological polar surface area (TPSA) is 102 Å². The van der Waals surface area contributed by atoms with E-state index >= 15 is 0 Å². The van der Waals surface area contributed by atoms with Crippen LogP contribution >= 0.6 is 11.3 Å². The molecule has 0 aliphatic carbocycles. The van der Waals surface area contributed by atoms with Crippen molar-refractivity contribution in [1.82, 2.24) is 30.4 Å². The number of aryl methyl sites for hydroxylation is 2. The van der Waals surface area contributed by atoms with Crippen LogP contribution in [-0.2, 0) is 17.8 Å². The third kappa shape index (κ3) is 2.64. The molecule has 0 bridgehead atoms. The minimum Gasteiger partial charge on any atom is -0.326 e. The molecule has 1 saturated heterocycles. The zero-order chi connectivity index (χ0) is 15.0. The summed E-state index contributed by atoms with van der Waals surface area (Å²) in [7, 11) is 0. The summed E-state index contributed by atoms with van der Waals surface area (Å²) in [6.45, 7) is 4.50. The van der Waals surface area contributed by atoms with Gasteiger partial charge in [-0.15, -0.1) is 16.4 Å². The van der Waals surface area contributed by atoms with E-state index in [1.165, 1.54) is 11.3 Å². The van der Waals surface area contributed by atoms with Crippen molar-refractivity contribution in [2.75, 3.05) is 0 Å². The second-order valence-corrected chi connectivity index (χ2v) is 5.70. The summed E-state index contributed by atoms with van der Waals surface area (Å²) in [6, 6.07) is -1.07. The van der Waals surface area contributed by atoms with Crippen LogP contribution in [0.4, 0.5) is 4.79 Å². The summed E-state index contributed by atoms with van der Waals surface area (Å²) < 4.78 is 1.72. The number of nitrogens with zero attached hydrogens (tertiary/aromatic N) is 4. The molecule has 0 radical (unpaired) electrons. The van der Waals surface area contributed by atoms with E-state index < -0.39 is 12.1 Å². The second-order valence-electron chi connectivity index (χ2n) is 4.64. The van der Waals surface area contributed by atoms with Crippen molar-refractivity contribution in [2.24, 2.45) is 0 Å². The molecule has 1 unspecified atom stereocenters. The first-order chi connectivity index (χ1) is 10.1. The highest BCUT2D eigenvalue weighted by atomic mass is 32.1. The van der Waals surface area contributed by atoms with E-state index in [0.29, 0.717) is 24.6 Å². The molecule has 2 N–H and O–H groups in total. The Kier molecular flexibility index (Phi) is 3.42. The summed E-state index contributed by atoms with van der Waals surface area (Å²) >= 11 is 1.53. The fraction of sp³-hybridized carbons (Fsp3) is 0.417. The molecule has 0 saturated carbocycles. The van der Waals surface area contributed by atoms with E-state index in [1.807, 2.05) is 19.2 Å². The quantitative estimate of drug-likeness (QED) is 0.800. The van der Waals surface area contributed by atoms with Crippen LogP contribution < -0.4 is 10.6 Å². The van der Waals surface area contributed by atoms with Crippen molar-refractivity contribution in [1.29, 1.82) is 0 Å². The van der Waals surface area contributed by atoms with Crippen molar-refractivity contribution >= 4 is 23.3 Å². The maximum Gasteiger partial charge on any atom is 0.322 e. The first-order valence-corrected chi connectivity index (χ1v) is 7.42. The Morgan fingerprint density at radius 2 is 2.19 bits per heavy atom. The zero-order valence-corrected chi connectivity index (χ0v) is 12.4. The highest BCUT2D eigenvalue weighted by Crippen LogP contribution is 2.19. The van der Waals surface area contributed by atoms with Crippen LogP contribution in [0.5, 0.6) is 0 Å². The van der Waals surface area contributed by atoms with Gasteiger partial charge < -0.3 is 5.32 Å². The molecule has 1 aliphatic rings. The number of hydrogen-bond acceptors (Lipinski definition) is 6. The van der Waals surface area contributed by atoms with E-state index in [-0.39, 0.29) is 5.91 Å². The van der Waals surface area contributed by atoms with Crippen LogP contribution in [0.15, 0.2) is 5.38 Å². The maximum absolute atomic E-state index is 11.6. The summed E-state index contributed by atoms with van der Waals surface area (Å²) in [5, 5.41) is 12.0. The fourth-order valence-electron chi connectivity index (χ4n) is 2.14. The first-order valence-electron chi connectivity index (χ1n) is 6.54. The van der Waals surface area contributed by atoms with Crippen molar-refractivity contribution in [3.05, 3.63) is 16.2 Å². The van der Waals surface area contributed by atoms with E-state index in [2.05, 4.69) is 25.7 Å². The molecule has 3 amide bonds. The molecule has 0 aromatic carbocycles. The van der Waals surface area contributed by atoms with Gasteiger partial charge in [0.1, 0.15) is 17.6 Å². The molecule has 0 spiro atoms. The van der Waals surface area contributed by atoms with Crippen molar-refractivity contribution in [2.45, 2.75) is 32.9 Å². The summed E-state index contributed by atoms with van der Waals surface area (Å²) in [4.78, 5) is 31.6. The van der Waals surface area contributed by atoms with Crippen LogP contribution in [0.1, 0.15) is 17.8 Å². The number of carbonyl (C=O) groups is 2. The Hall–Kier alpha value is -2.29. The zero-order valence-electron chi connectivity index (χ0n) is 11.6. The van der Waals surface area contributed by atoms with Crippen molar-refractivity contribution in [3.8, 4) is 11.5 Å². The molecule has 1 fully saturated rings. The average Bonchev–Trinajstić information content (AvgIpc) is 3.10. The highest BCUT2D eigenvalue weighted by molar-refractivity contribution is 7.09. The Bertz CT molecular complexity index is 706. The van der Waals surface area contributed by atoms with Gasteiger partial charge in [0, 0.05) is 18.3 Å². The van der Waals surface area contributed by atoms with E-state index in [4.69, 9.17) is 0 Å². The predicted octanol–water partition coefficient (Wildman–Crippen LogP) is 0.480. The molecule has 9 heteroatoms. The molecular formula is C12H14N6O2S. The van der Waals surface area contributed by atoms with E-state index in [1.54, 1.807) is 4.68 Å². The lowest BCUT2D eigenvalue weighted by molar-refractivity contribution is -0.120. The van der Waals surface area contributed by atoms with Gasteiger partial charge in [-0.2, -0.15) is 0 Å². The largest absolute Gasteiger partial charge is 0.326 e. The van der Waals surface area contributed by atoms with Crippen molar-refractivity contribution < 1.29 is 9.59 Å². The summed E-state index contributed by atoms with van der Waals surface area (Å²) in [6.07, 6.45) is 0.307. The number of carbonyl (C=O) groups excluding carboxylic acids is 2. The number of urea groups is 1. The monoisotopic (exact) mass is 306 g/mol. The minimum atomic E-state index is -0.600. The normalized spacial score (nSPS) is 17.9. The van der Waals surface area contributed by atoms with Crippen molar-refractivity contribution in [3.63, 3.8) is 0 Å². The lowest BCUT2D eigenvalue weighted by atomic mass is 10.2.